The van der Waals surface area contributed by atoms with Crippen molar-refractivity contribution in [3.63, 3.8) is 0 Å². The molecule has 0 unspecified atom stereocenters. The minimum absolute atomic E-state index is 0.286. The molecule has 1 aliphatic carbocycles. The third kappa shape index (κ3) is 4.36. The van der Waals surface area contributed by atoms with E-state index in [0.717, 1.165) is 12.8 Å². The molecule has 2 aromatic rings. The Morgan fingerprint density at radius 1 is 1.12 bits per heavy atom. The van der Waals surface area contributed by atoms with E-state index in [9.17, 15) is 4.79 Å². The number of hydrogen-bond donors (Lipinski definition) is 2. The molecule has 24 heavy (non-hydrogen) atoms. The van der Waals surface area contributed by atoms with Gasteiger partial charge in [0.05, 0.1) is 10.7 Å². The van der Waals surface area contributed by atoms with Gasteiger partial charge < -0.3 is 10.6 Å². The lowest BCUT2D eigenvalue weighted by atomic mass is 9.96. The van der Waals surface area contributed by atoms with Gasteiger partial charge in [-0.3, -0.25) is 4.79 Å². The van der Waals surface area contributed by atoms with Crippen LogP contribution in [-0.4, -0.2) is 21.9 Å². The van der Waals surface area contributed by atoms with Crippen LogP contribution in [0.15, 0.2) is 30.5 Å². The van der Waals surface area contributed by atoms with Gasteiger partial charge in [0.2, 0.25) is 5.95 Å². The van der Waals surface area contributed by atoms with Gasteiger partial charge in [-0.05, 0) is 37.1 Å². The van der Waals surface area contributed by atoms with Crippen LogP contribution in [0, 0.1) is 0 Å². The summed E-state index contributed by atoms with van der Waals surface area (Å²) in [7, 11) is 0. The zero-order valence-electron chi connectivity index (χ0n) is 13.1. The number of carbonyl (C=O) groups is 1. The van der Waals surface area contributed by atoms with Gasteiger partial charge in [0.25, 0.3) is 5.91 Å². The first-order valence-corrected chi connectivity index (χ1v) is 8.73. The molecule has 0 atom stereocenters. The van der Waals surface area contributed by atoms with E-state index < -0.39 is 0 Å². The molecule has 3 rings (SSSR count). The molecule has 1 aliphatic rings. The summed E-state index contributed by atoms with van der Waals surface area (Å²) in [4.78, 5) is 20.9. The van der Waals surface area contributed by atoms with Gasteiger partial charge in [-0.25, -0.2) is 9.97 Å². The molecular formula is C17H18Cl2N4O. The van der Waals surface area contributed by atoms with Gasteiger partial charge in [0.1, 0.15) is 5.69 Å². The van der Waals surface area contributed by atoms with E-state index >= 15 is 0 Å². The predicted octanol–water partition coefficient (Wildman–Crippen LogP) is 4.78. The highest BCUT2D eigenvalue weighted by Crippen LogP contribution is 2.26. The highest BCUT2D eigenvalue weighted by molar-refractivity contribution is 6.36. The number of rotatable bonds is 4. The molecule has 5 nitrogen and oxygen atoms in total. The Kier molecular flexibility index (Phi) is 5.53. The van der Waals surface area contributed by atoms with Crippen molar-refractivity contribution in [1.29, 1.82) is 0 Å². The second-order valence-electron chi connectivity index (χ2n) is 5.82. The predicted molar refractivity (Wildman–Crippen MR) is 96.9 cm³/mol. The smallest absolute Gasteiger partial charge is 0.274 e. The summed E-state index contributed by atoms with van der Waals surface area (Å²) >= 11 is 11.9. The van der Waals surface area contributed by atoms with Crippen molar-refractivity contribution in [2.75, 3.05) is 10.6 Å². The summed E-state index contributed by atoms with van der Waals surface area (Å²) in [6, 6.07) is 6.85. The van der Waals surface area contributed by atoms with E-state index in [1.54, 1.807) is 30.5 Å². The fraction of sp³-hybridized carbons (Fsp3) is 0.353. The van der Waals surface area contributed by atoms with Crippen LogP contribution in [0.1, 0.15) is 42.6 Å². The van der Waals surface area contributed by atoms with Gasteiger partial charge >= 0.3 is 0 Å². The molecule has 0 radical (unpaired) electrons. The molecule has 1 saturated carbocycles. The van der Waals surface area contributed by atoms with Crippen molar-refractivity contribution in [3.8, 4) is 0 Å². The summed E-state index contributed by atoms with van der Waals surface area (Å²) in [6.07, 6.45) is 7.51. The quantitative estimate of drug-likeness (QED) is 0.818. The highest BCUT2D eigenvalue weighted by Gasteiger charge is 2.16. The summed E-state index contributed by atoms with van der Waals surface area (Å²) < 4.78 is 0. The molecule has 0 saturated heterocycles. The molecule has 1 aromatic heterocycles. The van der Waals surface area contributed by atoms with Crippen molar-refractivity contribution < 1.29 is 4.79 Å². The summed E-state index contributed by atoms with van der Waals surface area (Å²) in [6.45, 7) is 0. The first-order chi connectivity index (χ1) is 11.6. The molecule has 2 N–H and O–H groups in total. The minimum Gasteiger partial charge on any atom is -0.351 e. The maximum atomic E-state index is 12.4. The molecule has 1 amide bonds. The van der Waals surface area contributed by atoms with E-state index in [1.165, 1.54) is 19.3 Å². The van der Waals surface area contributed by atoms with Gasteiger partial charge in [0.15, 0.2) is 0 Å². The second-order valence-corrected chi connectivity index (χ2v) is 6.67. The van der Waals surface area contributed by atoms with Crippen LogP contribution >= 0.6 is 23.2 Å². The Hall–Kier alpha value is -1.85. The largest absolute Gasteiger partial charge is 0.351 e. The number of halogens is 2. The van der Waals surface area contributed by atoms with Crippen molar-refractivity contribution in [2.24, 2.45) is 0 Å². The van der Waals surface area contributed by atoms with Gasteiger partial charge in [-0.1, -0.05) is 42.5 Å². The van der Waals surface area contributed by atoms with Gasteiger partial charge in [-0.15, -0.1) is 0 Å². The lowest BCUT2D eigenvalue weighted by Gasteiger charge is -2.22. The first kappa shape index (κ1) is 17.0. The van der Waals surface area contributed by atoms with Crippen LogP contribution in [-0.2, 0) is 0 Å². The average molecular weight is 365 g/mol. The summed E-state index contributed by atoms with van der Waals surface area (Å²) in [5.41, 5.74) is 0.779. The number of nitrogens with one attached hydrogen (secondary N) is 2. The van der Waals surface area contributed by atoms with Crippen LogP contribution in [0.3, 0.4) is 0 Å². The van der Waals surface area contributed by atoms with E-state index in [1.807, 2.05) is 0 Å². The Bertz CT molecular complexity index is 732. The van der Waals surface area contributed by atoms with Crippen LogP contribution in [0.5, 0.6) is 0 Å². The van der Waals surface area contributed by atoms with E-state index in [-0.39, 0.29) is 11.6 Å². The lowest BCUT2D eigenvalue weighted by molar-refractivity contribution is 0.102. The first-order valence-electron chi connectivity index (χ1n) is 7.98. The fourth-order valence-electron chi connectivity index (χ4n) is 2.76. The molecule has 1 fully saturated rings. The molecule has 126 valence electrons. The van der Waals surface area contributed by atoms with E-state index in [0.29, 0.717) is 27.7 Å². The second kappa shape index (κ2) is 7.81. The van der Waals surface area contributed by atoms with Crippen molar-refractivity contribution in [1.82, 2.24) is 9.97 Å². The zero-order valence-corrected chi connectivity index (χ0v) is 14.6. The minimum atomic E-state index is -0.340. The number of hydrogen-bond acceptors (Lipinski definition) is 4. The molecule has 0 spiro atoms. The van der Waals surface area contributed by atoms with Crippen LogP contribution < -0.4 is 10.6 Å². The number of anilines is 2. The van der Waals surface area contributed by atoms with Crippen molar-refractivity contribution in [3.05, 3.63) is 46.2 Å². The van der Waals surface area contributed by atoms with E-state index in [4.69, 9.17) is 23.2 Å². The summed E-state index contributed by atoms with van der Waals surface area (Å²) in [5.74, 6) is 0.144. The standard InChI is InChI=1S/C17H18Cl2N4O/c18-11-6-7-14(13(19)10-11)22-16(24)15-8-9-20-17(23-15)21-12-4-2-1-3-5-12/h6-10,12H,1-5H2,(H,22,24)(H,20,21,23). The molecule has 0 aliphatic heterocycles. The molecule has 7 heteroatoms. The molecular weight excluding hydrogens is 347 g/mol. The normalized spacial score (nSPS) is 15.1. The average Bonchev–Trinajstić information content (AvgIpc) is 2.58. The number of carbonyl (C=O) groups excluding carboxylic acids is 1. The Morgan fingerprint density at radius 2 is 1.92 bits per heavy atom. The summed E-state index contributed by atoms with van der Waals surface area (Å²) in [5, 5.41) is 6.94. The SMILES string of the molecule is O=C(Nc1ccc(Cl)cc1Cl)c1ccnc(NC2CCCCC2)n1. The molecule has 1 aromatic carbocycles. The lowest BCUT2D eigenvalue weighted by Crippen LogP contribution is -2.24. The molecule has 0 bridgehead atoms. The molecule has 1 heterocycles. The Morgan fingerprint density at radius 3 is 2.67 bits per heavy atom. The monoisotopic (exact) mass is 364 g/mol. The zero-order chi connectivity index (χ0) is 16.9. The maximum Gasteiger partial charge on any atom is 0.274 e. The van der Waals surface area contributed by atoms with Crippen LogP contribution in [0.25, 0.3) is 0 Å². The van der Waals surface area contributed by atoms with Crippen molar-refractivity contribution >= 4 is 40.7 Å². The third-order valence-electron chi connectivity index (χ3n) is 4.01. The maximum absolute atomic E-state index is 12.4. The number of nitrogens with zero attached hydrogens (tertiary/aromatic N) is 2. The Labute approximate surface area is 150 Å². The number of amides is 1. The number of benzene rings is 1. The highest BCUT2D eigenvalue weighted by atomic mass is 35.5. The fourth-order valence-corrected chi connectivity index (χ4v) is 3.22. The third-order valence-corrected chi connectivity index (χ3v) is 4.55. The van der Waals surface area contributed by atoms with Crippen molar-refractivity contribution in [2.45, 2.75) is 38.1 Å². The topological polar surface area (TPSA) is 66.9 Å². The van der Waals surface area contributed by atoms with E-state index in [2.05, 4.69) is 20.6 Å². The van der Waals surface area contributed by atoms with Crippen LogP contribution in [0.4, 0.5) is 11.6 Å². The van der Waals surface area contributed by atoms with Gasteiger partial charge in [-0.2, -0.15) is 0 Å². The van der Waals surface area contributed by atoms with Crippen LogP contribution in [0.2, 0.25) is 10.0 Å². The Balaban J connectivity index is 1.69. The van der Waals surface area contributed by atoms with Gasteiger partial charge in [0, 0.05) is 17.3 Å². The number of aromatic nitrogens is 2.